The van der Waals surface area contributed by atoms with Gasteiger partial charge in [0.1, 0.15) is 0 Å². The van der Waals surface area contributed by atoms with Gasteiger partial charge in [0.05, 0.1) is 12.8 Å². The molecule has 2 aromatic rings. The van der Waals surface area contributed by atoms with Crippen molar-refractivity contribution in [1.29, 1.82) is 0 Å². The Kier molecular flexibility index (Phi) is 5.91. The molecule has 1 aromatic heterocycles. The largest absolute Gasteiger partial charge is 0.415 e. The molecule has 0 fully saturated rings. The molecular weight excluding hydrogens is 327 g/mol. The summed E-state index contributed by atoms with van der Waals surface area (Å²) in [6, 6.07) is 9.27. The summed E-state index contributed by atoms with van der Waals surface area (Å²) in [6.07, 6.45) is -7.34. The number of hydrogen-bond donors (Lipinski definition) is 1. The molecule has 0 aliphatic rings. The van der Waals surface area contributed by atoms with E-state index in [9.17, 15) is 18.0 Å². The van der Waals surface area contributed by atoms with E-state index in [4.69, 9.17) is 4.52 Å². The van der Waals surface area contributed by atoms with E-state index in [2.05, 4.69) is 20.2 Å². The summed E-state index contributed by atoms with van der Waals surface area (Å²) in [5, 5.41) is 6.18. The van der Waals surface area contributed by atoms with E-state index in [1.54, 1.807) is 0 Å². The molecular formula is C15H16F3N3O3. The number of aromatic nitrogens is 2. The van der Waals surface area contributed by atoms with E-state index in [0.717, 1.165) is 12.7 Å². The fourth-order valence-electron chi connectivity index (χ4n) is 1.94. The minimum Gasteiger partial charge on any atom is -0.371 e. The molecule has 0 saturated heterocycles. The predicted octanol–water partition coefficient (Wildman–Crippen LogP) is 2.05. The van der Waals surface area contributed by atoms with E-state index >= 15 is 0 Å². The van der Waals surface area contributed by atoms with Crippen LogP contribution in [0.25, 0.3) is 0 Å². The second-order valence-electron chi connectivity index (χ2n) is 5.01. The van der Waals surface area contributed by atoms with Crippen LogP contribution in [0.3, 0.4) is 0 Å². The maximum Gasteiger partial charge on any atom is 0.415 e. The van der Waals surface area contributed by atoms with Gasteiger partial charge in [0, 0.05) is 13.7 Å². The summed E-state index contributed by atoms with van der Waals surface area (Å²) in [4.78, 5) is 15.6. The quantitative estimate of drug-likeness (QED) is 0.833. The van der Waals surface area contributed by atoms with Gasteiger partial charge in [-0.25, -0.2) is 0 Å². The highest BCUT2D eigenvalue weighted by Crippen LogP contribution is 2.24. The maximum atomic E-state index is 12.6. The van der Waals surface area contributed by atoms with Crippen LogP contribution in [0.1, 0.15) is 17.3 Å². The van der Waals surface area contributed by atoms with Crippen molar-refractivity contribution in [2.75, 3.05) is 7.11 Å². The summed E-state index contributed by atoms with van der Waals surface area (Å²) in [5.74, 6) is -0.567. The molecule has 9 heteroatoms. The lowest BCUT2D eigenvalue weighted by atomic mass is 10.2. The van der Waals surface area contributed by atoms with E-state index in [1.807, 2.05) is 30.3 Å². The predicted molar refractivity (Wildman–Crippen MR) is 76.8 cm³/mol. The highest BCUT2D eigenvalue weighted by Gasteiger charge is 2.41. The highest BCUT2D eigenvalue weighted by atomic mass is 19.4. The van der Waals surface area contributed by atoms with Gasteiger partial charge in [0.15, 0.2) is 11.9 Å². The lowest BCUT2D eigenvalue weighted by Crippen LogP contribution is -2.32. The number of methoxy groups -OCH3 is 1. The van der Waals surface area contributed by atoms with Gasteiger partial charge < -0.3 is 14.6 Å². The molecule has 0 spiro atoms. The number of nitrogens with one attached hydrogen (secondary N) is 1. The first-order valence-electron chi connectivity index (χ1n) is 7.10. The van der Waals surface area contributed by atoms with Gasteiger partial charge in [-0.05, 0) is 5.56 Å². The van der Waals surface area contributed by atoms with E-state index in [1.165, 1.54) is 0 Å². The first-order chi connectivity index (χ1) is 11.4. The van der Waals surface area contributed by atoms with Crippen LogP contribution in [0.4, 0.5) is 13.2 Å². The number of halogens is 3. The van der Waals surface area contributed by atoms with Gasteiger partial charge >= 0.3 is 6.18 Å². The summed E-state index contributed by atoms with van der Waals surface area (Å²) in [6.45, 7) is 0.338. The Morgan fingerprint density at radius 3 is 2.67 bits per heavy atom. The third-order valence-corrected chi connectivity index (χ3v) is 3.17. The zero-order chi connectivity index (χ0) is 17.6. The first kappa shape index (κ1) is 17.9. The van der Waals surface area contributed by atoms with Crippen molar-refractivity contribution in [3.63, 3.8) is 0 Å². The van der Waals surface area contributed by atoms with E-state index < -0.39 is 18.7 Å². The van der Waals surface area contributed by atoms with Crippen molar-refractivity contribution in [3.8, 4) is 0 Å². The molecule has 24 heavy (non-hydrogen) atoms. The second-order valence-corrected chi connectivity index (χ2v) is 5.01. The molecule has 1 atom stereocenters. The Bertz CT molecular complexity index is 659. The number of benzene rings is 1. The summed E-state index contributed by atoms with van der Waals surface area (Å²) >= 11 is 0. The number of ether oxygens (including phenoxy) is 1. The molecule has 1 amide bonds. The second kappa shape index (κ2) is 7.91. The number of hydrogen-bond acceptors (Lipinski definition) is 5. The number of amides is 1. The van der Waals surface area contributed by atoms with Crippen LogP contribution >= 0.6 is 0 Å². The third-order valence-electron chi connectivity index (χ3n) is 3.17. The fourth-order valence-corrected chi connectivity index (χ4v) is 1.94. The maximum absolute atomic E-state index is 12.6. The van der Waals surface area contributed by atoms with Crippen LogP contribution in [0.2, 0.25) is 0 Å². The van der Waals surface area contributed by atoms with Crippen molar-refractivity contribution >= 4 is 5.91 Å². The van der Waals surface area contributed by atoms with Gasteiger partial charge in [0.2, 0.25) is 11.8 Å². The summed E-state index contributed by atoms with van der Waals surface area (Å²) in [7, 11) is 0.951. The van der Waals surface area contributed by atoms with Crippen molar-refractivity contribution in [3.05, 3.63) is 47.6 Å². The Labute approximate surface area is 136 Å². The molecule has 6 nitrogen and oxygen atoms in total. The van der Waals surface area contributed by atoms with E-state index in [0.29, 0.717) is 6.54 Å². The summed E-state index contributed by atoms with van der Waals surface area (Å²) in [5.41, 5.74) is 0.924. The van der Waals surface area contributed by atoms with Gasteiger partial charge in [-0.15, -0.1) is 0 Å². The Morgan fingerprint density at radius 1 is 1.33 bits per heavy atom. The van der Waals surface area contributed by atoms with Gasteiger partial charge in [-0.2, -0.15) is 18.2 Å². The van der Waals surface area contributed by atoms with Crippen LogP contribution in [0.5, 0.6) is 0 Å². The van der Waals surface area contributed by atoms with Crippen LogP contribution in [-0.2, 0) is 28.9 Å². The Morgan fingerprint density at radius 2 is 2.04 bits per heavy atom. The number of carbonyl (C=O) groups excluding carboxylic acids is 1. The molecule has 1 heterocycles. The lowest BCUT2D eigenvalue weighted by molar-refractivity contribution is -0.213. The molecule has 0 radical (unpaired) electrons. The van der Waals surface area contributed by atoms with Gasteiger partial charge in [-0.1, -0.05) is 35.5 Å². The van der Waals surface area contributed by atoms with Crippen LogP contribution in [0, 0.1) is 0 Å². The van der Waals surface area contributed by atoms with Crippen LogP contribution in [0.15, 0.2) is 34.9 Å². The molecule has 0 aliphatic heterocycles. The van der Waals surface area contributed by atoms with Crippen molar-refractivity contribution in [2.45, 2.75) is 31.7 Å². The molecule has 1 N–H and O–H groups in total. The van der Waals surface area contributed by atoms with Crippen LogP contribution in [-0.4, -0.2) is 35.4 Å². The Balaban J connectivity index is 1.85. The van der Waals surface area contributed by atoms with Gasteiger partial charge in [-0.3, -0.25) is 4.79 Å². The monoisotopic (exact) mass is 343 g/mol. The summed E-state index contributed by atoms with van der Waals surface area (Å²) < 4.78 is 46.9. The van der Waals surface area contributed by atoms with Crippen molar-refractivity contribution in [1.82, 2.24) is 15.5 Å². The topological polar surface area (TPSA) is 77.2 Å². The molecule has 1 aromatic carbocycles. The Hall–Kier alpha value is -2.42. The third kappa shape index (κ3) is 5.34. The minimum atomic E-state index is -4.53. The molecule has 2 rings (SSSR count). The SMILES string of the molecule is COC(Cc1nc(CC(=O)NCc2ccccc2)no1)C(F)(F)F. The van der Waals surface area contributed by atoms with Crippen LogP contribution < -0.4 is 5.32 Å². The zero-order valence-electron chi connectivity index (χ0n) is 12.8. The van der Waals surface area contributed by atoms with E-state index in [-0.39, 0.29) is 24.0 Å². The molecule has 1 unspecified atom stereocenters. The molecule has 0 saturated carbocycles. The smallest absolute Gasteiger partial charge is 0.371 e. The first-order valence-corrected chi connectivity index (χ1v) is 7.10. The van der Waals surface area contributed by atoms with Crippen molar-refractivity contribution in [2.24, 2.45) is 0 Å². The number of nitrogens with zero attached hydrogens (tertiary/aromatic N) is 2. The standard InChI is InChI=1S/C15H16F3N3O3/c1-23-11(15(16,17)18)7-14-20-12(21-24-14)8-13(22)19-9-10-5-3-2-4-6-10/h2-6,11H,7-9H2,1H3,(H,19,22). The average molecular weight is 343 g/mol. The molecule has 0 aliphatic carbocycles. The van der Waals surface area contributed by atoms with Gasteiger partial charge in [0.25, 0.3) is 0 Å². The molecule has 0 bridgehead atoms. The molecule has 130 valence electrons. The number of carbonyl (C=O) groups is 1. The van der Waals surface area contributed by atoms with Crippen molar-refractivity contribution < 1.29 is 27.2 Å². The normalized spacial score (nSPS) is 12.8. The number of alkyl halides is 3. The zero-order valence-corrected chi connectivity index (χ0v) is 12.8. The average Bonchev–Trinajstić information content (AvgIpc) is 2.97. The lowest BCUT2D eigenvalue weighted by Gasteiger charge is -2.16. The fraction of sp³-hybridized carbons (Fsp3) is 0.400. The minimum absolute atomic E-state index is 0.0209. The number of rotatable bonds is 7. The highest BCUT2D eigenvalue weighted by molar-refractivity contribution is 5.77.